The molecule has 8 heteroatoms. The predicted molar refractivity (Wildman–Crippen MR) is 136 cm³/mol. The molecular formula is C26H29N3O4S. The number of phenolic OH excluding ortho intramolecular Hbond substituents is 1. The molecule has 7 nitrogen and oxygen atoms in total. The van der Waals surface area contributed by atoms with Gasteiger partial charge >= 0.3 is 5.97 Å². The Morgan fingerprint density at radius 3 is 2.38 bits per heavy atom. The highest BCUT2D eigenvalue weighted by Gasteiger charge is 2.26. The molecule has 0 saturated carbocycles. The second kappa shape index (κ2) is 10.7. The third-order valence-corrected chi connectivity index (χ3v) is 7.13. The maximum Gasteiger partial charge on any atom is 0.341 e. The number of amides is 1. The van der Waals surface area contributed by atoms with Gasteiger partial charge in [-0.25, -0.2) is 4.79 Å². The van der Waals surface area contributed by atoms with Gasteiger partial charge in [0, 0.05) is 31.1 Å². The van der Waals surface area contributed by atoms with Crippen molar-refractivity contribution in [1.82, 2.24) is 4.90 Å². The van der Waals surface area contributed by atoms with Crippen LogP contribution in [0.5, 0.6) is 5.75 Å². The summed E-state index contributed by atoms with van der Waals surface area (Å²) in [5.74, 6) is -0.324. The van der Waals surface area contributed by atoms with E-state index in [0.29, 0.717) is 23.7 Å². The van der Waals surface area contributed by atoms with Gasteiger partial charge in [-0.3, -0.25) is 9.69 Å². The highest BCUT2D eigenvalue weighted by Crippen LogP contribution is 2.40. The number of hydrogen-bond acceptors (Lipinski definition) is 7. The van der Waals surface area contributed by atoms with Crippen LogP contribution in [0.15, 0.2) is 54.6 Å². The molecule has 0 unspecified atom stereocenters. The van der Waals surface area contributed by atoms with Gasteiger partial charge in [0.2, 0.25) is 5.91 Å². The summed E-state index contributed by atoms with van der Waals surface area (Å²) < 4.78 is 5.27. The first-order chi connectivity index (χ1) is 16.5. The number of esters is 1. The van der Waals surface area contributed by atoms with Gasteiger partial charge in [0.25, 0.3) is 0 Å². The number of carbonyl (C=O) groups excluding carboxylic acids is 2. The fraction of sp³-hybridized carbons (Fsp3) is 0.308. The largest absolute Gasteiger partial charge is 0.506 e. The number of thiophene rings is 1. The molecule has 3 aromatic rings. The van der Waals surface area contributed by atoms with Crippen LogP contribution >= 0.6 is 11.3 Å². The highest BCUT2D eigenvalue weighted by molar-refractivity contribution is 7.20. The number of nitrogens with zero attached hydrogens (tertiary/aromatic N) is 2. The molecular weight excluding hydrogens is 450 g/mol. The van der Waals surface area contributed by atoms with E-state index in [1.165, 1.54) is 11.3 Å². The molecule has 0 radical (unpaired) electrons. The first-order valence-electron chi connectivity index (χ1n) is 11.4. The fourth-order valence-electron chi connectivity index (χ4n) is 4.16. The predicted octanol–water partition coefficient (Wildman–Crippen LogP) is 4.37. The summed E-state index contributed by atoms with van der Waals surface area (Å²) in [5.41, 5.74) is 3.04. The van der Waals surface area contributed by atoms with Crippen molar-refractivity contribution in [2.75, 3.05) is 49.5 Å². The molecule has 4 rings (SSSR count). The third-order valence-electron chi connectivity index (χ3n) is 5.88. The Hall–Kier alpha value is -3.36. The van der Waals surface area contributed by atoms with Crippen LogP contribution < -0.4 is 10.2 Å². The SMILES string of the molecule is CCOC(=O)c1c(NC(=O)CN2CCN(c3ccccc3O)CC2)sc(-c2ccccc2)c1C. The van der Waals surface area contributed by atoms with Gasteiger partial charge < -0.3 is 20.1 Å². The second-order valence-corrected chi connectivity index (χ2v) is 9.17. The molecule has 1 aliphatic rings. The molecule has 0 spiro atoms. The Labute approximate surface area is 203 Å². The number of aromatic hydroxyl groups is 1. The average Bonchev–Trinajstić information content (AvgIpc) is 3.16. The lowest BCUT2D eigenvalue weighted by Gasteiger charge is -2.35. The van der Waals surface area contributed by atoms with Gasteiger partial charge in [-0.15, -0.1) is 11.3 Å². The van der Waals surface area contributed by atoms with Crippen LogP contribution in [-0.4, -0.2) is 61.2 Å². The van der Waals surface area contributed by atoms with Crippen molar-refractivity contribution < 1.29 is 19.4 Å². The van der Waals surface area contributed by atoms with Crippen LogP contribution in [0.25, 0.3) is 10.4 Å². The van der Waals surface area contributed by atoms with Crippen LogP contribution in [0, 0.1) is 6.92 Å². The van der Waals surface area contributed by atoms with E-state index in [1.807, 2.05) is 49.4 Å². The number of hydrogen-bond donors (Lipinski definition) is 2. The van der Waals surface area contributed by atoms with E-state index in [2.05, 4.69) is 15.1 Å². The summed E-state index contributed by atoms with van der Waals surface area (Å²) in [5, 5.41) is 13.6. The summed E-state index contributed by atoms with van der Waals surface area (Å²) in [4.78, 5) is 30.8. The Kier molecular flexibility index (Phi) is 7.49. The van der Waals surface area contributed by atoms with E-state index in [4.69, 9.17) is 4.74 Å². The van der Waals surface area contributed by atoms with Gasteiger partial charge in [-0.05, 0) is 37.1 Å². The molecule has 2 aromatic carbocycles. The monoisotopic (exact) mass is 479 g/mol. The zero-order valence-corrected chi connectivity index (χ0v) is 20.2. The lowest BCUT2D eigenvalue weighted by molar-refractivity contribution is -0.117. The first kappa shape index (κ1) is 23.8. The van der Waals surface area contributed by atoms with Crippen molar-refractivity contribution in [3.8, 4) is 16.2 Å². The minimum atomic E-state index is -0.426. The van der Waals surface area contributed by atoms with E-state index in [9.17, 15) is 14.7 Å². The summed E-state index contributed by atoms with van der Waals surface area (Å²) in [6.45, 7) is 6.99. The van der Waals surface area contributed by atoms with Gasteiger partial charge in [0.1, 0.15) is 10.8 Å². The molecule has 178 valence electrons. The number of nitrogens with one attached hydrogen (secondary N) is 1. The van der Waals surface area contributed by atoms with Gasteiger partial charge in [-0.1, -0.05) is 42.5 Å². The number of benzene rings is 2. The molecule has 1 saturated heterocycles. The fourth-order valence-corrected chi connectivity index (χ4v) is 5.38. The molecule has 1 fully saturated rings. The third kappa shape index (κ3) is 5.24. The molecule has 0 atom stereocenters. The van der Waals surface area contributed by atoms with E-state index in [0.717, 1.165) is 34.8 Å². The van der Waals surface area contributed by atoms with Crippen molar-refractivity contribution in [2.24, 2.45) is 0 Å². The van der Waals surface area contributed by atoms with E-state index < -0.39 is 5.97 Å². The number of carbonyl (C=O) groups is 2. The molecule has 1 aromatic heterocycles. The van der Waals surface area contributed by atoms with Crippen molar-refractivity contribution in [1.29, 1.82) is 0 Å². The Balaban J connectivity index is 1.44. The molecule has 2 heterocycles. The van der Waals surface area contributed by atoms with Gasteiger partial charge in [0.15, 0.2) is 0 Å². The summed E-state index contributed by atoms with van der Waals surface area (Å²) in [6.07, 6.45) is 0. The van der Waals surface area contributed by atoms with E-state index in [-0.39, 0.29) is 24.8 Å². The molecule has 0 bridgehead atoms. The minimum Gasteiger partial charge on any atom is -0.506 e. The maximum absolute atomic E-state index is 12.9. The van der Waals surface area contributed by atoms with Crippen molar-refractivity contribution in [3.05, 3.63) is 65.7 Å². The highest BCUT2D eigenvalue weighted by atomic mass is 32.1. The Morgan fingerprint density at radius 2 is 1.71 bits per heavy atom. The smallest absolute Gasteiger partial charge is 0.341 e. The lowest BCUT2D eigenvalue weighted by Crippen LogP contribution is -2.48. The van der Waals surface area contributed by atoms with Crippen molar-refractivity contribution in [2.45, 2.75) is 13.8 Å². The molecule has 2 N–H and O–H groups in total. The number of piperazine rings is 1. The van der Waals surface area contributed by atoms with E-state index in [1.54, 1.807) is 19.1 Å². The zero-order chi connectivity index (χ0) is 24.1. The Bertz CT molecular complexity index is 1150. The van der Waals surface area contributed by atoms with Crippen LogP contribution in [0.3, 0.4) is 0 Å². The number of para-hydroxylation sites is 2. The normalized spacial score (nSPS) is 14.1. The molecule has 1 aliphatic heterocycles. The molecule has 0 aliphatic carbocycles. The van der Waals surface area contributed by atoms with E-state index >= 15 is 0 Å². The average molecular weight is 480 g/mol. The number of anilines is 2. The van der Waals surface area contributed by atoms with Crippen LogP contribution in [0.1, 0.15) is 22.8 Å². The summed E-state index contributed by atoms with van der Waals surface area (Å²) >= 11 is 1.40. The second-order valence-electron chi connectivity index (χ2n) is 8.15. The topological polar surface area (TPSA) is 82.1 Å². The van der Waals surface area contributed by atoms with Crippen LogP contribution in [0.2, 0.25) is 0 Å². The number of phenols is 1. The lowest BCUT2D eigenvalue weighted by atomic mass is 10.1. The quantitative estimate of drug-likeness (QED) is 0.490. The van der Waals surface area contributed by atoms with Crippen LogP contribution in [0.4, 0.5) is 10.7 Å². The summed E-state index contributed by atoms with van der Waals surface area (Å²) in [7, 11) is 0. The number of ether oxygens (including phenoxy) is 1. The maximum atomic E-state index is 12.9. The van der Waals surface area contributed by atoms with Gasteiger partial charge in [-0.2, -0.15) is 0 Å². The first-order valence-corrected chi connectivity index (χ1v) is 12.2. The Morgan fingerprint density at radius 1 is 1.03 bits per heavy atom. The summed E-state index contributed by atoms with van der Waals surface area (Å²) in [6, 6.07) is 17.1. The van der Waals surface area contributed by atoms with Crippen LogP contribution in [-0.2, 0) is 9.53 Å². The zero-order valence-electron chi connectivity index (χ0n) is 19.4. The molecule has 1 amide bonds. The van der Waals surface area contributed by atoms with Gasteiger partial charge in [0.05, 0.1) is 24.4 Å². The minimum absolute atomic E-state index is 0.164. The van der Waals surface area contributed by atoms with Crippen molar-refractivity contribution >= 4 is 33.9 Å². The number of rotatable bonds is 7. The van der Waals surface area contributed by atoms with Crippen molar-refractivity contribution in [3.63, 3.8) is 0 Å². The molecule has 34 heavy (non-hydrogen) atoms. The standard InChI is InChI=1S/C26H29N3O4S/c1-3-33-26(32)23-18(2)24(19-9-5-4-6-10-19)34-25(23)27-22(31)17-28-13-15-29(16-14-28)20-11-7-8-12-21(20)30/h4-12,30H,3,13-17H2,1-2H3,(H,27,31).